The molecule has 0 saturated carbocycles. The predicted molar refractivity (Wildman–Crippen MR) is 86.6 cm³/mol. The van der Waals surface area contributed by atoms with Crippen LogP contribution in [-0.4, -0.2) is 44.0 Å². The van der Waals surface area contributed by atoms with Gasteiger partial charge in [-0.3, -0.25) is 4.79 Å². The summed E-state index contributed by atoms with van der Waals surface area (Å²) in [6, 6.07) is 0.398. The summed E-state index contributed by atoms with van der Waals surface area (Å²) < 4.78 is 0. The maximum absolute atomic E-state index is 11.9. The van der Waals surface area contributed by atoms with Crippen molar-refractivity contribution in [2.45, 2.75) is 58.9 Å². The van der Waals surface area contributed by atoms with Crippen LogP contribution in [0.3, 0.4) is 0 Å². The molecular weight excluding hydrogens is 250 g/mol. The Labute approximate surface area is 125 Å². The Bertz CT molecular complexity index is 240. The van der Waals surface area contributed by atoms with E-state index in [1.54, 1.807) is 0 Å². The van der Waals surface area contributed by atoms with E-state index in [4.69, 9.17) is 5.73 Å². The summed E-state index contributed by atoms with van der Waals surface area (Å²) >= 11 is 0. The largest absolute Gasteiger partial charge is 0.355 e. The molecule has 0 radical (unpaired) electrons. The van der Waals surface area contributed by atoms with E-state index in [2.05, 4.69) is 45.1 Å². The minimum Gasteiger partial charge on any atom is -0.355 e. The van der Waals surface area contributed by atoms with Crippen LogP contribution in [0.25, 0.3) is 0 Å². The minimum absolute atomic E-state index is 0.177. The molecule has 3 N–H and O–H groups in total. The Morgan fingerprint density at radius 1 is 1.20 bits per heavy atom. The molecule has 20 heavy (non-hydrogen) atoms. The third kappa shape index (κ3) is 8.54. The molecule has 0 bridgehead atoms. The zero-order valence-electron chi connectivity index (χ0n) is 14.1. The lowest BCUT2D eigenvalue weighted by molar-refractivity contribution is -0.121. The van der Waals surface area contributed by atoms with Crippen molar-refractivity contribution in [3.05, 3.63) is 0 Å². The number of carbonyl (C=O) groups excluding carboxylic acids is 1. The van der Waals surface area contributed by atoms with Crippen LogP contribution in [0.15, 0.2) is 0 Å². The second-order valence-electron chi connectivity index (χ2n) is 6.35. The first-order valence-corrected chi connectivity index (χ1v) is 8.05. The first-order chi connectivity index (χ1) is 9.42. The summed E-state index contributed by atoms with van der Waals surface area (Å²) in [5.74, 6) is 1.32. The Balaban J connectivity index is 4.03. The van der Waals surface area contributed by atoms with Crippen molar-refractivity contribution in [2.24, 2.45) is 17.6 Å². The Morgan fingerprint density at radius 2 is 1.85 bits per heavy atom. The predicted octanol–water partition coefficient (Wildman–Crippen LogP) is 2.23. The van der Waals surface area contributed by atoms with Crippen LogP contribution in [0, 0.1) is 11.8 Å². The molecule has 2 unspecified atom stereocenters. The number of rotatable bonds is 11. The number of nitrogens with two attached hydrogens (primary N) is 1. The number of amides is 1. The van der Waals surface area contributed by atoms with Gasteiger partial charge in [0.25, 0.3) is 0 Å². The topological polar surface area (TPSA) is 58.4 Å². The molecule has 0 fully saturated rings. The van der Waals surface area contributed by atoms with Gasteiger partial charge in [0.05, 0.1) is 0 Å². The van der Waals surface area contributed by atoms with Crippen molar-refractivity contribution in [3.8, 4) is 0 Å². The number of nitrogens with one attached hydrogen (secondary N) is 1. The monoisotopic (exact) mass is 285 g/mol. The van der Waals surface area contributed by atoms with Gasteiger partial charge in [0.1, 0.15) is 0 Å². The van der Waals surface area contributed by atoms with Crippen LogP contribution in [-0.2, 0) is 4.79 Å². The summed E-state index contributed by atoms with van der Waals surface area (Å²) in [7, 11) is 4.13. The zero-order chi connectivity index (χ0) is 15.5. The SMILES string of the molecule is CCCC(CCN)CCC(=O)NCC(C(C)C)N(C)C. The van der Waals surface area contributed by atoms with Gasteiger partial charge in [-0.05, 0) is 45.3 Å². The Kier molecular flexibility index (Phi) is 10.8. The molecule has 0 aromatic heterocycles. The number of hydrogen-bond acceptors (Lipinski definition) is 3. The van der Waals surface area contributed by atoms with Gasteiger partial charge in [-0.2, -0.15) is 0 Å². The average molecular weight is 285 g/mol. The highest BCUT2D eigenvalue weighted by Crippen LogP contribution is 2.16. The van der Waals surface area contributed by atoms with Crippen molar-refractivity contribution in [1.82, 2.24) is 10.2 Å². The van der Waals surface area contributed by atoms with Crippen LogP contribution < -0.4 is 11.1 Å². The number of likely N-dealkylation sites (N-methyl/N-ethyl adjacent to an activating group) is 1. The van der Waals surface area contributed by atoms with Gasteiger partial charge in [0.15, 0.2) is 0 Å². The van der Waals surface area contributed by atoms with Crippen molar-refractivity contribution in [1.29, 1.82) is 0 Å². The van der Waals surface area contributed by atoms with Gasteiger partial charge in [-0.15, -0.1) is 0 Å². The summed E-state index contributed by atoms with van der Waals surface area (Å²) in [6.45, 7) is 8.03. The van der Waals surface area contributed by atoms with E-state index in [0.717, 1.165) is 25.9 Å². The van der Waals surface area contributed by atoms with Gasteiger partial charge >= 0.3 is 0 Å². The molecule has 0 spiro atoms. The van der Waals surface area contributed by atoms with E-state index in [1.165, 1.54) is 12.8 Å². The fraction of sp³-hybridized carbons (Fsp3) is 0.938. The normalized spacial score (nSPS) is 14.6. The second-order valence-corrected chi connectivity index (χ2v) is 6.35. The molecule has 4 nitrogen and oxygen atoms in total. The third-order valence-electron chi connectivity index (χ3n) is 3.99. The highest BCUT2D eigenvalue weighted by atomic mass is 16.1. The Hall–Kier alpha value is -0.610. The Morgan fingerprint density at radius 3 is 2.30 bits per heavy atom. The van der Waals surface area contributed by atoms with Crippen molar-refractivity contribution >= 4 is 5.91 Å². The molecular formula is C16H35N3O. The molecule has 0 aliphatic rings. The highest BCUT2D eigenvalue weighted by molar-refractivity contribution is 5.75. The lowest BCUT2D eigenvalue weighted by Gasteiger charge is -2.28. The molecule has 1 amide bonds. The van der Waals surface area contributed by atoms with Crippen molar-refractivity contribution in [3.63, 3.8) is 0 Å². The van der Waals surface area contributed by atoms with E-state index in [0.29, 0.717) is 24.3 Å². The number of carbonyl (C=O) groups is 1. The maximum atomic E-state index is 11.9. The quantitative estimate of drug-likeness (QED) is 0.612. The smallest absolute Gasteiger partial charge is 0.220 e. The first-order valence-electron chi connectivity index (χ1n) is 8.05. The van der Waals surface area contributed by atoms with Gasteiger partial charge < -0.3 is 16.0 Å². The van der Waals surface area contributed by atoms with Crippen LogP contribution in [0.1, 0.15) is 52.9 Å². The highest BCUT2D eigenvalue weighted by Gasteiger charge is 2.17. The van der Waals surface area contributed by atoms with Crippen LogP contribution in [0.5, 0.6) is 0 Å². The van der Waals surface area contributed by atoms with Crippen molar-refractivity contribution in [2.75, 3.05) is 27.2 Å². The molecule has 120 valence electrons. The number of hydrogen-bond donors (Lipinski definition) is 2. The molecule has 0 rings (SSSR count). The van der Waals surface area contributed by atoms with Crippen LogP contribution >= 0.6 is 0 Å². The lowest BCUT2D eigenvalue weighted by Crippen LogP contribution is -2.43. The molecule has 0 aliphatic carbocycles. The van der Waals surface area contributed by atoms with E-state index >= 15 is 0 Å². The summed E-state index contributed by atoms with van der Waals surface area (Å²) in [4.78, 5) is 14.1. The fourth-order valence-corrected chi connectivity index (χ4v) is 2.73. The van der Waals surface area contributed by atoms with E-state index < -0.39 is 0 Å². The average Bonchev–Trinajstić information content (AvgIpc) is 2.35. The van der Waals surface area contributed by atoms with Gasteiger partial charge in [-0.25, -0.2) is 0 Å². The molecule has 0 aliphatic heterocycles. The molecule has 0 aromatic carbocycles. The summed E-state index contributed by atoms with van der Waals surface area (Å²) in [6.07, 6.45) is 4.97. The van der Waals surface area contributed by atoms with E-state index in [9.17, 15) is 4.79 Å². The molecule has 4 heteroatoms. The molecule has 0 aromatic rings. The molecule has 0 heterocycles. The fourth-order valence-electron chi connectivity index (χ4n) is 2.73. The van der Waals surface area contributed by atoms with Crippen LogP contribution in [0.2, 0.25) is 0 Å². The molecule has 0 saturated heterocycles. The van der Waals surface area contributed by atoms with Gasteiger partial charge in [0.2, 0.25) is 5.91 Å². The molecule has 2 atom stereocenters. The van der Waals surface area contributed by atoms with Crippen molar-refractivity contribution < 1.29 is 4.79 Å². The standard InChI is InChI=1S/C16H35N3O/c1-6-7-14(10-11-17)8-9-16(20)18-12-15(13(2)3)19(4)5/h13-15H,6-12,17H2,1-5H3,(H,18,20). The maximum Gasteiger partial charge on any atom is 0.220 e. The summed E-state index contributed by atoms with van der Waals surface area (Å²) in [5.41, 5.74) is 5.62. The van der Waals surface area contributed by atoms with Gasteiger partial charge in [-0.1, -0.05) is 33.6 Å². The second kappa shape index (κ2) is 11.1. The van der Waals surface area contributed by atoms with E-state index in [1.807, 2.05) is 0 Å². The van der Waals surface area contributed by atoms with Gasteiger partial charge in [0, 0.05) is 19.0 Å². The summed E-state index contributed by atoms with van der Waals surface area (Å²) in [5, 5.41) is 3.07. The lowest BCUT2D eigenvalue weighted by atomic mass is 9.94. The van der Waals surface area contributed by atoms with E-state index in [-0.39, 0.29) is 5.91 Å². The zero-order valence-corrected chi connectivity index (χ0v) is 14.1. The first kappa shape index (κ1) is 19.4. The third-order valence-corrected chi connectivity index (χ3v) is 3.99. The number of nitrogens with zero attached hydrogens (tertiary/aromatic N) is 1. The minimum atomic E-state index is 0.177. The van der Waals surface area contributed by atoms with Crippen LogP contribution in [0.4, 0.5) is 0 Å².